The van der Waals surface area contributed by atoms with Gasteiger partial charge in [0.25, 0.3) is 0 Å². The van der Waals surface area contributed by atoms with Crippen molar-refractivity contribution >= 4 is 21.4 Å². The van der Waals surface area contributed by atoms with Crippen LogP contribution in [-0.4, -0.2) is 24.4 Å². The third kappa shape index (κ3) is 3.91. The highest BCUT2D eigenvalue weighted by atomic mass is 32.2. The van der Waals surface area contributed by atoms with Crippen molar-refractivity contribution in [3.63, 3.8) is 0 Å². The molecule has 0 saturated heterocycles. The van der Waals surface area contributed by atoms with Gasteiger partial charge in [-0.3, -0.25) is 0 Å². The Hall–Kier alpha value is -1.22. The van der Waals surface area contributed by atoms with Crippen LogP contribution in [0.15, 0.2) is 23.4 Å². The van der Waals surface area contributed by atoms with Gasteiger partial charge < -0.3 is 10.3 Å². The average Bonchev–Trinajstić information content (AvgIpc) is 2.97. The molecule has 2 aromatic heterocycles. The molecule has 6 nitrogen and oxygen atoms in total. The number of H-pyrrole nitrogens is 1. The van der Waals surface area contributed by atoms with E-state index in [9.17, 15) is 8.42 Å². The van der Waals surface area contributed by atoms with Gasteiger partial charge in [-0.05, 0) is 25.8 Å². The first-order chi connectivity index (χ1) is 10.0. The number of nitrogens with zero attached hydrogens (tertiary/aromatic N) is 1. The van der Waals surface area contributed by atoms with E-state index in [1.807, 2.05) is 6.92 Å². The molecule has 0 spiro atoms. The minimum Gasteiger partial charge on any atom is -0.363 e. The van der Waals surface area contributed by atoms with Gasteiger partial charge in [0, 0.05) is 42.1 Å². The summed E-state index contributed by atoms with van der Waals surface area (Å²) in [5.41, 5.74) is 0.885. The van der Waals surface area contributed by atoms with Crippen LogP contribution in [0.4, 0.5) is 0 Å². The quantitative estimate of drug-likeness (QED) is 0.720. The molecule has 0 aliphatic heterocycles. The molecule has 1 aliphatic carbocycles. The SMILES string of the molecule is Cc1ncc(CNS(=O)(=O)c2c[nH]c(CNC3CC3)c2)s1. The Labute approximate surface area is 128 Å². The van der Waals surface area contributed by atoms with E-state index in [2.05, 4.69) is 20.0 Å². The Bertz CT molecular complexity index is 716. The fourth-order valence-electron chi connectivity index (χ4n) is 1.95. The maximum atomic E-state index is 12.2. The summed E-state index contributed by atoms with van der Waals surface area (Å²) in [6.07, 6.45) is 5.65. The van der Waals surface area contributed by atoms with E-state index in [4.69, 9.17) is 0 Å². The number of aromatic amines is 1. The Morgan fingerprint density at radius 3 is 2.90 bits per heavy atom. The predicted molar refractivity (Wildman–Crippen MR) is 81.5 cm³/mol. The van der Waals surface area contributed by atoms with Crippen LogP contribution < -0.4 is 10.0 Å². The maximum Gasteiger partial charge on any atom is 0.242 e. The van der Waals surface area contributed by atoms with E-state index in [0.717, 1.165) is 15.6 Å². The third-order valence-electron chi connectivity index (χ3n) is 3.29. The summed E-state index contributed by atoms with van der Waals surface area (Å²) in [7, 11) is -3.48. The van der Waals surface area contributed by atoms with Gasteiger partial charge in [0.1, 0.15) is 0 Å². The zero-order valence-corrected chi connectivity index (χ0v) is 13.4. The molecule has 0 bridgehead atoms. The van der Waals surface area contributed by atoms with E-state index in [1.165, 1.54) is 30.4 Å². The number of rotatable bonds is 7. The van der Waals surface area contributed by atoms with Gasteiger partial charge in [-0.2, -0.15) is 0 Å². The van der Waals surface area contributed by atoms with E-state index in [1.54, 1.807) is 12.3 Å². The van der Waals surface area contributed by atoms with E-state index in [0.29, 0.717) is 12.6 Å². The van der Waals surface area contributed by atoms with Crippen molar-refractivity contribution in [2.45, 2.75) is 43.8 Å². The molecule has 0 aromatic carbocycles. The monoisotopic (exact) mass is 326 g/mol. The molecule has 1 aliphatic rings. The summed E-state index contributed by atoms with van der Waals surface area (Å²) >= 11 is 1.49. The van der Waals surface area contributed by atoms with Crippen molar-refractivity contribution in [1.82, 2.24) is 20.0 Å². The van der Waals surface area contributed by atoms with Crippen LogP contribution in [0.2, 0.25) is 0 Å². The standard InChI is InChI=1S/C13H18N4O2S2/c1-9-14-6-12(20-9)7-17-21(18,19)13-4-11(16-8-13)5-15-10-2-3-10/h4,6,8,10,15-17H,2-3,5,7H2,1H3. The zero-order valence-electron chi connectivity index (χ0n) is 11.7. The number of aryl methyl sites for hydroxylation is 1. The number of thiazole rings is 1. The predicted octanol–water partition coefficient (Wildman–Crippen LogP) is 1.51. The average molecular weight is 326 g/mol. The number of aromatic nitrogens is 2. The van der Waals surface area contributed by atoms with Crippen molar-refractivity contribution in [2.75, 3.05) is 0 Å². The molecular formula is C13H18N4O2S2. The van der Waals surface area contributed by atoms with E-state index < -0.39 is 10.0 Å². The van der Waals surface area contributed by atoms with Gasteiger partial charge in [0.05, 0.1) is 9.90 Å². The fraction of sp³-hybridized carbons (Fsp3) is 0.462. The lowest BCUT2D eigenvalue weighted by molar-refractivity contribution is 0.582. The van der Waals surface area contributed by atoms with Crippen molar-refractivity contribution in [1.29, 1.82) is 0 Å². The summed E-state index contributed by atoms with van der Waals surface area (Å²) in [6, 6.07) is 2.27. The van der Waals surface area contributed by atoms with E-state index in [-0.39, 0.29) is 11.4 Å². The first kappa shape index (κ1) is 14.7. The smallest absolute Gasteiger partial charge is 0.242 e. The summed E-state index contributed by atoms with van der Waals surface area (Å²) in [6.45, 7) is 2.84. The summed E-state index contributed by atoms with van der Waals surface area (Å²) in [4.78, 5) is 8.30. The van der Waals surface area contributed by atoms with Crippen LogP contribution in [0.3, 0.4) is 0 Å². The van der Waals surface area contributed by atoms with Crippen molar-refractivity contribution in [2.24, 2.45) is 0 Å². The first-order valence-corrected chi connectivity index (χ1v) is 9.14. The number of sulfonamides is 1. The second kappa shape index (κ2) is 5.88. The topological polar surface area (TPSA) is 86.9 Å². The molecule has 2 aromatic rings. The molecule has 114 valence electrons. The van der Waals surface area contributed by atoms with E-state index >= 15 is 0 Å². The maximum absolute atomic E-state index is 12.2. The highest BCUT2D eigenvalue weighted by Crippen LogP contribution is 2.20. The molecule has 1 fully saturated rings. The normalized spacial score (nSPS) is 15.5. The molecule has 0 radical (unpaired) electrons. The Morgan fingerprint density at radius 2 is 2.24 bits per heavy atom. The highest BCUT2D eigenvalue weighted by Gasteiger charge is 2.21. The Morgan fingerprint density at radius 1 is 1.43 bits per heavy atom. The Balaban J connectivity index is 1.60. The summed E-state index contributed by atoms with van der Waals surface area (Å²) in [5.74, 6) is 0. The van der Waals surface area contributed by atoms with Crippen molar-refractivity contribution < 1.29 is 8.42 Å². The minimum atomic E-state index is -3.48. The lowest BCUT2D eigenvalue weighted by atomic mass is 10.4. The second-order valence-electron chi connectivity index (χ2n) is 5.19. The van der Waals surface area contributed by atoms with Crippen molar-refractivity contribution in [3.05, 3.63) is 34.0 Å². The van der Waals surface area contributed by atoms with Crippen LogP contribution in [0, 0.1) is 6.92 Å². The van der Waals surface area contributed by atoms with Gasteiger partial charge in [-0.15, -0.1) is 11.3 Å². The van der Waals surface area contributed by atoms with Crippen molar-refractivity contribution in [3.8, 4) is 0 Å². The van der Waals surface area contributed by atoms with Gasteiger partial charge >= 0.3 is 0 Å². The molecule has 0 atom stereocenters. The molecule has 0 amide bonds. The van der Waals surface area contributed by atoms with Gasteiger partial charge in [-0.1, -0.05) is 0 Å². The summed E-state index contributed by atoms with van der Waals surface area (Å²) < 4.78 is 27.0. The minimum absolute atomic E-state index is 0.272. The van der Waals surface area contributed by atoms with Crippen LogP contribution in [0.1, 0.15) is 28.4 Å². The molecule has 2 heterocycles. The van der Waals surface area contributed by atoms with Crippen LogP contribution in [0.25, 0.3) is 0 Å². The van der Waals surface area contributed by atoms with Crippen LogP contribution in [0.5, 0.6) is 0 Å². The van der Waals surface area contributed by atoms with Crippen LogP contribution >= 0.6 is 11.3 Å². The van der Waals surface area contributed by atoms with Gasteiger partial charge in [0.2, 0.25) is 10.0 Å². The lowest BCUT2D eigenvalue weighted by Crippen LogP contribution is -2.22. The van der Waals surface area contributed by atoms with Gasteiger partial charge in [0.15, 0.2) is 0 Å². The number of nitrogens with one attached hydrogen (secondary N) is 3. The molecule has 3 N–H and O–H groups in total. The Kier molecular flexibility index (Phi) is 4.12. The molecule has 0 unspecified atom stereocenters. The number of hydrogen-bond donors (Lipinski definition) is 3. The summed E-state index contributed by atoms with van der Waals surface area (Å²) in [5, 5.41) is 4.28. The zero-order chi connectivity index (χ0) is 14.9. The van der Waals surface area contributed by atoms with Crippen LogP contribution in [-0.2, 0) is 23.1 Å². The molecule has 1 saturated carbocycles. The molecule has 8 heteroatoms. The highest BCUT2D eigenvalue weighted by molar-refractivity contribution is 7.89. The third-order valence-corrected chi connectivity index (χ3v) is 5.58. The molecular weight excluding hydrogens is 308 g/mol. The lowest BCUT2D eigenvalue weighted by Gasteiger charge is -2.02. The molecule has 21 heavy (non-hydrogen) atoms. The fourth-order valence-corrected chi connectivity index (χ4v) is 3.80. The van der Waals surface area contributed by atoms with Gasteiger partial charge in [-0.25, -0.2) is 18.1 Å². The molecule has 3 rings (SSSR count). The first-order valence-electron chi connectivity index (χ1n) is 6.84. The largest absolute Gasteiger partial charge is 0.363 e. The number of hydrogen-bond acceptors (Lipinski definition) is 5. The second-order valence-corrected chi connectivity index (χ2v) is 8.27.